The van der Waals surface area contributed by atoms with E-state index in [1.165, 1.54) is 0 Å². The van der Waals surface area contributed by atoms with E-state index in [0.29, 0.717) is 23.2 Å². The smallest absolute Gasteiger partial charge is 0.247 e. The van der Waals surface area contributed by atoms with Crippen LogP contribution < -0.4 is 9.64 Å². The molecule has 0 saturated heterocycles. The van der Waals surface area contributed by atoms with Gasteiger partial charge in [0.15, 0.2) is 5.69 Å². The summed E-state index contributed by atoms with van der Waals surface area (Å²) in [4.78, 5) is 19.5. The molecule has 0 fully saturated rings. The van der Waals surface area contributed by atoms with Crippen LogP contribution in [0.25, 0.3) is 11.3 Å². The van der Waals surface area contributed by atoms with Gasteiger partial charge in [-0.1, -0.05) is 80.1 Å². The summed E-state index contributed by atoms with van der Waals surface area (Å²) in [6.07, 6.45) is 1.91. The molecular formula is C24H26N4O2S. The molecule has 7 heteroatoms. The Morgan fingerprint density at radius 3 is 2.61 bits per heavy atom. The van der Waals surface area contributed by atoms with Crippen molar-refractivity contribution in [3.8, 4) is 17.1 Å². The maximum Gasteiger partial charge on any atom is 0.247 e. The predicted molar refractivity (Wildman–Crippen MR) is 123 cm³/mol. The van der Waals surface area contributed by atoms with Gasteiger partial charge in [-0.25, -0.2) is 0 Å². The van der Waals surface area contributed by atoms with Gasteiger partial charge in [-0.2, -0.15) is 4.98 Å². The monoisotopic (exact) mass is 434 g/mol. The number of carbonyl (C=O) groups excluding carboxylic acids is 1. The molecule has 1 amide bonds. The number of benzene rings is 2. The largest absolute Gasteiger partial charge is 0.447 e. The van der Waals surface area contributed by atoms with E-state index < -0.39 is 6.23 Å². The molecule has 0 aliphatic carbocycles. The molecule has 1 aromatic heterocycles. The number of unbranched alkanes of at least 4 members (excludes halogenated alkanes) is 1. The van der Waals surface area contributed by atoms with Crippen molar-refractivity contribution >= 4 is 23.4 Å². The van der Waals surface area contributed by atoms with Crippen molar-refractivity contribution in [1.82, 2.24) is 15.2 Å². The molecule has 160 valence electrons. The maximum atomic E-state index is 13.1. The maximum absolute atomic E-state index is 13.1. The first-order chi connectivity index (χ1) is 15.1. The van der Waals surface area contributed by atoms with Gasteiger partial charge in [0.05, 0.1) is 5.69 Å². The second-order valence-electron chi connectivity index (χ2n) is 7.47. The zero-order valence-electron chi connectivity index (χ0n) is 18.0. The Balaban J connectivity index is 1.85. The molecule has 0 unspecified atom stereocenters. The van der Waals surface area contributed by atoms with E-state index in [0.717, 1.165) is 41.0 Å². The zero-order chi connectivity index (χ0) is 21.8. The van der Waals surface area contributed by atoms with E-state index in [-0.39, 0.29) is 5.91 Å². The fourth-order valence-electron chi connectivity index (χ4n) is 3.47. The van der Waals surface area contributed by atoms with Gasteiger partial charge >= 0.3 is 0 Å². The molecule has 0 N–H and O–H groups in total. The minimum Gasteiger partial charge on any atom is -0.447 e. The van der Waals surface area contributed by atoms with Crippen molar-refractivity contribution in [3.63, 3.8) is 0 Å². The molecule has 1 aliphatic heterocycles. The molecular weight excluding hydrogens is 408 g/mol. The van der Waals surface area contributed by atoms with Gasteiger partial charge in [0.25, 0.3) is 0 Å². The van der Waals surface area contributed by atoms with E-state index in [9.17, 15) is 4.79 Å². The second-order valence-corrected chi connectivity index (χ2v) is 8.53. The zero-order valence-corrected chi connectivity index (χ0v) is 18.9. The lowest BCUT2D eigenvalue weighted by Gasteiger charge is -2.30. The van der Waals surface area contributed by atoms with Crippen LogP contribution >= 0.6 is 11.8 Å². The fourth-order valence-corrected chi connectivity index (χ4v) is 4.33. The van der Waals surface area contributed by atoms with Crippen LogP contribution in [0.4, 0.5) is 5.69 Å². The molecule has 4 rings (SSSR count). The number of amides is 1. The van der Waals surface area contributed by atoms with Crippen molar-refractivity contribution in [2.24, 2.45) is 0 Å². The number of fused-ring (bicyclic) bond motifs is 3. The molecule has 0 saturated carbocycles. The number of thioether (sulfide) groups is 1. The Hall–Kier alpha value is -2.93. The third-order valence-corrected chi connectivity index (χ3v) is 6.10. The molecule has 6 nitrogen and oxygen atoms in total. The summed E-state index contributed by atoms with van der Waals surface area (Å²) < 4.78 is 6.43. The molecule has 3 aromatic rings. The molecule has 31 heavy (non-hydrogen) atoms. The molecule has 0 bridgehead atoms. The van der Waals surface area contributed by atoms with Crippen LogP contribution in [-0.2, 0) is 4.79 Å². The lowest BCUT2D eigenvalue weighted by molar-refractivity contribution is -0.120. The summed E-state index contributed by atoms with van der Waals surface area (Å²) >= 11 is 1.57. The van der Waals surface area contributed by atoms with Gasteiger partial charge in [0.2, 0.25) is 23.2 Å². The first-order valence-corrected chi connectivity index (χ1v) is 11.6. The average Bonchev–Trinajstić information content (AvgIpc) is 2.93. The quantitative estimate of drug-likeness (QED) is 0.373. The highest BCUT2D eigenvalue weighted by Gasteiger charge is 2.35. The Morgan fingerprint density at radius 1 is 1.10 bits per heavy atom. The highest BCUT2D eigenvalue weighted by molar-refractivity contribution is 7.99. The van der Waals surface area contributed by atoms with Gasteiger partial charge in [-0.3, -0.25) is 9.69 Å². The van der Waals surface area contributed by atoms with Crippen LogP contribution in [0.3, 0.4) is 0 Å². The Bertz CT molecular complexity index is 1070. The van der Waals surface area contributed by atoms with Crippen LogP contribution in [-0.4, -0.2) is 26.8 Å². The summed E-state index contributed by atoms with van der Waals surface area (Å²) in [5.41, 5.74) is 4.12. The summed E-state index contributed by atoms with van der Waals surface area (Å²) in [7, 11) is 0. The Morgan fingerprint density at radius 2 is 1.87 bits per heavy atom. The molecule has 2 aromatic carbocycles. The normalized spacial score (nSPS) is 14.9. The number of carbonyl (C=O) groups is 1. The van der Waals surface area contributed by atoms with Crippen molar-refractivity contribution in [1.29, 1.82) is 0 Å². The van der Waals surface area contributed by atoms with E-state index in [2.05, 4.69) is 22.1 Å². The second kappa shape index (κ2) is 9.47. The van der Waals surface area contributed by atoms with Crippen LogP contribution in [0.5, 0.6) is 5.88 Å². The van der Waals surface area contributed by atoms with Crippen molar-refractivity contribution in [3.05, 3.63) is 59.7 Å². The van der Waals surface area contributed by atoms with Gasteiger partial charge in [0.1, 0.15) is 0 Å². The fraction of sp³-hybridized carbons (Fsp3) is 0.333. The third-order valence-electron chi connectivity index (χ3n) is 5.17. The number of hydrogen-bond donors (Lipinski definition) is 0. The van der Waals surface area contributed by atoms with Crippen LogP contribution in [0.1, 0.15) is 50.5 Å². The van der Waals surface area contributed by atoms with Gasteiger partial charge in [-0.15, -0.1) is 10.2 Å². The number of anilines is 1. The molecule has 1 aliphatic rings. The number of aryl methyl sites for hydroxylation is 1. The summed E-state index contributed by atoms with van der Waals surface area (Å²) in [5, 5.41) is 9.37. The molecule has 0 radical (unpaired) electrons. The van der Waals surface area contributed by atoms with Crippen molar-refractivity contribution < 1.29 is 9.53 Å². The minimum absolute atomic E-state index is 0.0312. The van der Waals surface area contributed by atoms with E-state index in [4.69, 9.17) is 4.74 Å². The van der Waals surface area contributed by atoms with Crippen LogP contribution in [0.2, 0.25) is 0 Å². The number of para-hydroxylation sites is 1. The SMILES string of the molecule is CCCCSc1nnc2c(n1)O[C@@H](c1ccc(C)cc1)N(C(=O)CC)c1ccccc1-2. The number of hydrogen-bond acceptors (Lipinski definition) is 6. The standard InChI is InChI=1S/C24H26N4O2S/c1-4-6-15-31-24-25-22-21(26-27-24)18-9-7-8-10-19(18)28(20(29)5-2)23(30-22)17-13-11-16(3)12-14-17/h7-14,23H,4-6,15H2,1-3H3/t23-/m0/s1. The lowest BCUT2D eigenvalue weighted by atomic mass is 10.1. The lowest BCUT2D eigenvalue weighted by Crippen LogP contribution is -2.37. The Labute approximate surface area is 187 Å². The average molecular weight is 435 g/mol. The highest BCUT2D eigenvalue weighted by atomic mass is 32.2. The van der Waals surface area contributed by atoms with E-state index >= 15 is 0 Å². The van der Waals surface area contributed by atoms with Gasteiger partial charge in [-0.05, 0) is 19.4 Å². The Kier molecular flexibility index (Phi) is 6.51. The van der Waals surface area contributed by atoms with Crippen molar-refractivity contribution in [2.75, 3.05) is 10.7 Å². The third kappa shape index (κ3) is 4.42. The number of nitrogens with zero attached hydrogens (tertiary/aromatic N) is 4. The summed E-state index contributed by atoms with van der Waals surface area (Å²) in [5.74, 6) is 1.30. The van der Waals surface area contributed by atoms with E-state index in [1.54, 1.807) is 16.7 Å². The van der Waals surface area contributed by atoms with Crippen molar-refractivity contribution in [2.45, 2.75) is 51.4 Å². The van der Waals surface area contributed by atoms with Gasteiger partial charge < -0.3 is 4.74 Å². The minimum atomic E-state index is -0.638. The first-order valence-electron chi connectivity index (χ1n) is 10.6. The molecule has 0 spiro atoms. The van der Waals surface area contributed by atoms with Crippen LogP contribution in [0, 0.1) is 6.92 Å². The topological polar surface area (TPSA) is 68.2 Å². The number of rotatable bonds is 6. The molecule has 2 heterocycles. The molecule has 1 atom stereocenters. The number of ether oxygens (including phenoxy) is 1. The first kappa shape index (κ1) is 21.3. The highest BCUT2D eigenvalue weighted by Crippen LogP contribution is 2.43. The van der Waals surface area contributed by atoms with Crippen LogP contribution in [0.15, 0.2) is 53.7 Å². The summed E-state index contributed by atoms with van der Waals surface area (Å²) in [6.45, 7) is 6.05. The van der Waals surface area contributed by atoms with Gasteiger partial charge in [0, 0.05) is 23.3 Å². The van der Waals surface area contributed by atoms with E-state index in [1.807, 2.05) is 62.4 Å². The number of aromatic nitrogens is 3. The predicted octanol–water partition coefficient (Wildman–Crippen LogP) is 5.57. The summed E-state index contributed by atoms with van der Waals surface area (Å²) in [6, 6.07) is 15.7.